The average molecular weight is 260 g/mol. The Morgan fingerprint density at radius 2 is 0.400 bits per heavy atom. The van der Waals surface area contributed by atoms with E-state index in [0.29, 0.717) is 0 Å². The normalized spacial score (nSPS) is 0. The van der Waals surface area contributed by atoms with E-state index in [4.69, 9.17) is 0 Å². The van der Waals surface area contributed by atoms with E-state index in [-0.39, 0.29) is 42.3 Å². The molecule has 0 aromatic rings. The average Bonchev–Trinajstić information content (AvgIpc) is 0. The van der Waals surface area contributed by atoms with Crippen LogP contribution in [-0.2, 0) is 20.4 Å². The summed E-state index contributed by atoms with van der Waals surface area (Å²) in [6.07, 6.45) is 0. The number of rotatable bonds is 0. The Bertz CT molecular complexity index is 3.61. The summed E-state index contributed by atoms with van der Waals surface area (Å²) < 4.78 is 0. The van der Waals surface area contributed by atoms with Gasteiger partial charge in [0.05, 0.1) is 0 Å². The van der Waals surface area contributed by atoms with Gasteiger partial charge in [0.15, 0.2) is 0 Å². The molecule has 0 aliphatic heterocycles. The Labute approximate surface area is 43.1 Å². The van der Waals surface area contributed by atoms with Crippen LogP contribution in [0.2, 0.25) is 0 Å². The zero-order valence-electron chi connectivity index (χ0n) is 2.38. The second-order valence-electron chi connectivity index (χ2n) is 0. The molecule has 5 heavy (non-hydrogen) atoms. The third-order valence-corrected chi connectivity index (χ3v) is 0. The zero-order valence-corrected chi connectivity index (χ0v) is 5.09. The molecule has 0 aromatic carbocycles. The van der Waals surface area contributed by atoms with Crippen LogP contribution in [0.3, 0.4) is 0 Å². The van der Waals surface area contributed by atoms with Gasteiger partial charge in [-0.05, 0) is 0 Å². The molecule has 0 atom stereocenters. The summed E-state index contributed by atoms with van der Waals surface area (Å²) in [5.41, 5.74) is 0. The molecule has 0 rings (SSSR count). The third-order valence-electron chi connectivity index (χ3n) is 0. The molecule has 0 unspecified atom stereocenters. The monoisotopic (exact) mass is 260 g/mol. The molecule has 5 heteroatoms. The van der Waals surface area contributed by atoms with Crippen LogP contribution < -0.4 is 0 Å². The first-order valence-corrected chi connectivity index (χ1v) is 0. The predicted molar refractivity (Wildman–Crippen MR) is 14.5 cm³/mol. The molecule has 39 valence electrons. The topological polar surface area (TPSA) is 126 Å². The Balaban J connectivity index is 0. The van der Waals surface area contributed by atoms with Crippen LogP contribution in [0.4, 0.5) is 0 Å². The van der Waals surface area contributed by atoms with E-state index in [1.54, 1.807) is 0 Å². The van der Waals surface area contributed by atoms with Gasteiger partial charge in [-0.15, -0.1) is 0 Å². The van der Waals surface area contributed by atoms with Crippen molar-refractivity contribution in [2.45, 2.75) is 0 Å². The fraction of sp³-hybridized carbons (Fsp3) is 0. The Morgan fingerprint density at radius 1 is 0.400 bits per heavy atom. The standard InChI is InChI=1S/4H2O.Re/h4*1H2;/i;;;;1+2. The minimum absolute atomic E-state index is 0. The van der Waals surface area contributed by atoms with Crippen LogP contribution >= 0.6 is 0 Å². The SMILES string of the molecule is O.O.O.O.[188Re]. The van der Waals surface area contributed by atoms with Crippen LogP contribution in [0.15, 0.2) is 0 Å². The quantitative estimate of drug-likeness (QED) is 0.432. The van der Waals surface area contributed by atoms with Gasteiger partial charge in [0.25, 0.3) is 0 Å². The van der Waals surface area contributed by atoms with Gasteiger partial charge in [-0.25, -0.2) is 0 Å². The van der Waals surface area contributed by atoms with Crippen molar-refractivity contribution in [2.75, 3.05) is 0 Å². The summed E-state index contributed by atoms with van der Waals surface area (Å²) in [7, 11) is 0. The first-order chi connectivity index (χ1) is 0. The molecule has 0 heterocycles. The van der Waals surface area contributed by atoms with Crippen LogP contribution in [0.5, 0.6) is 0 Å². The van der Waals surface area contributed by atoms with Gasteiger partial charge in [-0.2, -0.15) is 0 Å². The molecular weight excluding hydrogens is 252 g/mol. The smallest absolute Gasteiger partial charge is 0 e. The van der Waals surface area contributed by atoms with Gasteiger partial charge in [-0.3, -0.25) is 0 Å². The van der Waals surface area contributed by atoms with E-state index in [1.165, 1.54) is 0 Å². The molecule has 1 radical (unpaired) electrons. The molecule has 0 saturated carbocycles. The van der Waals surface area contributed by atoms with E-state index in [2.05, 4.69) is 0 Å². The van der Waals surface area contributed by atoms with Crippen LogP contribution in [0.25, 0.3) is 0 Å². The number of hydrogen-bond donors (Lipinski definition) is 0. The molecule has 0 aliphatic carbocycles. The maximum atomic E-state index is 0. The van der Waals surface area contributed by atoms with Crippen molar-refractivity contribution in [1.29, 1.82) is 0 Å². The predicted octanol–water partition coefficient (Wildman–Crippen LogP) is -3.30. The van der Waals surface area contributed by atoms with Gasteiger partial charge in [0.1, 0.15) is 0 Å². The van der Waals surface area contributed by atoms with Crippen molar-refractivity contribution in [2.24, 2.45) is 0 Å². The maximum Gasteiger partial charge on any atom is 0 e. The van der Waals surface area contributed by atoms with E-state index in [0.717, 1.165) is 0 Å². The zero-order chi connectivity index (χ0) is 0. The summed E-state index contributed by atoms with van der Waals surface area (Å²) in [5.74, 6) is 0. The summed E-state index contributed by atoms with van der Waals surface area (Å²) in [4.78, 5) is 0. The molecular formula is H8O4Re. The van der Waals surface area contributed by atoms with Crippen molar-refractivity contribution in [3.8, 4) is 0 Å². The van der Waals surface area contributed by atoms with E-state index < -0.39 is 0 Å². The van der Waals surface area contributed by atoms with E-state index in [1.807, 2.05) is 0 Å². The summed E-state index contributed by atoms with van der Waals surface area (Å²) >= 11 is 0. The summed E-state index contributed by atoms with van der Waals surface area (Å²) in [5, 5.41) is 0. The minimum Gasteiger partial charge on any atom is -0.412 e. The molecule has 0 amide bonds. The van der Waals surface area contributed by atoms with E-state index in [9.17, 15) is 0 Å². The number of hydrogen-bond acceptors (Lipinski definition) is 0. The van der Waals surface area contributed by atoms with Crippen molar-refractivity contribution >= 4 is 0 Å². The molecule has 0 saturated heterocycles. The second-order valence-corrected chi connectivity index (χ2v) is 0. The van der Waals surface area contributed by atoms with Crippen LogP contribution in [0, 0.1) is 0 Å². The van der Waals surface area contributed by atoms with Crippen LogP contribution in [-0.4, -0.2) is 21.9 Å². The molecule has 0 aromatic heterocycles. The van der Waals surface area contributed by atoms with Gasteiger partial charge in [0.2, 0.25) is 0 Å². The van der Waals surface area contributed by atoms with Crippen molar-refractivity contribution in [3.63, 3.8) is 0 Å². The molecule has 8 N–H and O–H groups in total. The second kappa shape index (κ2) is 219. The molecule has 0 fully saturated rings. The van der Waals surface area contributed by atoms with Gasteiger partial charge in [0, 0.05) is 20.4 Å². The first kappa shape index (κ1) is 442. The molecule has 0 aliphatic rings. The molecule has 4 nitrogen and oxygen atoms in total. The fourth-order valence-corrected chi connectivity index (χ4v) is 0. The third kappa shape index (κ3) is 112. The Hall–Kier alpha value is 0.502. The van der Waals surface area contributed by atoms with Crippen LogP contribution in [0.1, 0.15) is 0 Å². The van der Waals surface area contributed by atoms with Gasteiger partial charge in [-0.1, -0.05) is 0 Å². The largest absolute Gasteiger partial charge is 0.412 e. The summed E-state index contributed by atoms with van der Waals surface area (Å²) in [6, 6.07) is 0. The molecule has 0 spiro atoms. The van der Waals surface area contributed by atoms with Crippen molar-refractivity contribution in [1.82, 2.24) is 0 Å². The first-order valence-electron chi connectivity index (χ1n) is 0. The Morgan fingerprint density at radius 3 is 0.400 bits per heavy atom. The fourth-order valence-electron chi connectivity index (χ4n) is 0. The maximum absolute atomic E-state index is 0. The summed E-state index contributed by atoms with van der Waals surface area (Å²) in [6.45, 7) is 0. The molecule has 0 bridgehead atoms. The van der Waals surface area contributed by atoms with Gasteiger partial charge >= 0.3 is 0 Å². The van der Waals surface area contributed by atoms with Crippen molar-refractivity contribution in [3.05, 3.63) is 0 Å². The van der Waals surface area contributed by atoms with Gasteiger partial charge < -0.3 is 21.9 Å². The van der Waals surface area contributed by atoms with E-state index >= 15 is 0 Å². The van der Waals surface area contributed by atoms with Crippen molar-refractivity contribution < 1.29 is 42.3 Å². The minimum atomic E-state index is 0. The Kier molecular flexibility index (Phi) is 19300.